The highest BCUT2D eigenvalue weighted by atomic mass is 16.8. The highest BCUT2D eigenvalue weighted by Crippen LogP contribution is 2.50. The van der Waals surface area contributed by atoms with E-state index in [9.17, 15) is 0 Å². The Balaban J connectivity index is 1.81. The van der Waals surface area contributed by atoms with E-state index >= 15 is 0 Å². The Morgan fingerprint density at radius 1 is 1.30 bits per heavy atom. The molecule has 2 aliphatic rings. The molecule has 124 valence electrons. The lowest BCUT2D eigenvalue weighted by Gasteiger charge is -2.30. The molecule has 4 rings (SSSR count). The van der Waals surface area contributed by atoms with E-state index in [4.69, 9.17) is 15.6 Å². The van der Waals surface area contributed by atoms with Crippen LogP contribution >= 0.6 is 0 Å². The van der Waals surface area contributed by atoms with Gasteiger partial charge in [0.25, 0.3) is 0 Å². The lowest BCUT2D eigenvalue weighted by Crippen LogP contribution is -2.39. The molecular weight excluding hydrogens is 294 g/mol. The summed E-state index contributed by atoms with van der Waals surface area (Å²) in [5, 5.41) is 4.38. The Morgan fingerprint density at radius 2 is 2.13 bits per heavy atom. The molecule has 6 heteroatoms. The van der Waals surface area contributed by atoms with Crippen LogP contribution in [0.15, 0.2) is 18.5 Å². The average molecular weight is 318 g/mol. The van der Waals surface area contributed by atoms with Crippen molar-refractivity contribution in [2.75, 3.05) is 0 Å². The van der Waals surface area contributed by atoms with E-state index in [1.165, 1.54) is 0 Å². The van der Waals surface area contributed by atoms with Crippen molar-refractivity contribution < 1.29 is 15.6 Å². The zero-order chi connectivity index (χ0) is 17.1. The van der Waals surface area contributed by atoms with Crippen LogP contribution in [0.5, 0.6) is 0 Å². The number of aromatic nitrogens is 3. The van der Waals surface area contributed by atoms with Crippen molar-refractivity contribution in [1.29, 1.82) is 0 Å². The lowest BCUT2D eigenvalue weighted by atomic mass is 9.93. The largest absolute Gasteiger partial charge is 0.360 e. The first-order chi connectivity index (χ1) is 11.4. The molecule has 6 nitrogen and oxygen atoms in total. The van der Waals surface area contributed by atoms with E-state index in [1.54, 1.807) is 6.33 Å². The summed E-state index contributed by atoms with van der Waals surface area (Å²) in [5.74, 6) is -0.676. The van der Waals surface area contributed by atoms with Crippen LogP contribution in [0.3, 0.4) is 0 Å². The fraction of sp³-hybridized carbons (Fsp3) is 0.647. The van der Waals surface area contributed by atoms with Gasteiger partial charge in [0.05, 0.1) is 22.5 Å². The molecule has 0 saturated carbocycles. The van der Waals surface area contributed by atoms with E-state index in [0.717, 1.165) is 16.9 Å². The van der Waals surface area contributed by atoms with E-state index < -0.39 is 11.4 Å². The second-order valence-corrected chi connectivity index (χ2v) is 6.88. The number of hydrogen-bond donors (Lipinski definition) is 0. The SMILES string of the molecule is [2H]C[C@]1(CC)O[C@@H](c2ccc3c(C)ncnn23)[C@@H]2OC(C)(C)O[C@@H]21. The van der Waals surface area contributed by atoms with Crippen molar-refractivity contribution in [1.82, 2.24) is 14.6 Å². The maximum atomic E-state index is 8.05. The van der Waals surface area contributed by atoms with Gasteiger partial charge in [0.1, 0.15) is 24.6 Å². The number of rotatable bonds is 2. The van der Waals surface area contributed by atoms with Gasteiger partial charge in [0.15, 0.2) is 5.79 Å². The van der Waals surface area contributed by atoms with Crippen molar-refractivity contribution in [2.45, 2.75) is 70.7 Å². The molecule has 2 fully saturated rings. The van der Waals surface area contributed by atoms with E-state index in [2.05, 4.69) is 10.1 Å². The highest BCUT2D eigenvalue weighted by molar-refractivity contribution is 5.52. The first kappa shape index (κ1) is 13.9. The lowest BCUT2D eigenvalue weighted by molar-refractivity contribution is -0.207. The van der Waals surface area contributed by atoms with Gasteiger partial charge in [-0.3, -0.25) is 0 Å². The minimum atomic E-state index is -0.676. The quantitative estimate of drug-likeness (QED) is 0.852. The summed E-state index contributed by atoms with van der Waals surface area (Å²) in [5.41, 5.74) is 2.12. The zero-order valence-electron chi connectivity index (χ0n) is 14.9. The van der Waals surface area contributed by atoms with Gasteiger partial charge in [-0.25, -0.2) is 9.50 Å². The maximum Gasteiger partial charge on any atom is 0.164 e. The van der Waals surface area contributed by atoms with Crippen LogP contribution in [-0.2, 0) is 14.2 Å². The highest BCUT2D eigenvalue weighted by Gasteiger charge is 2.60. The molecule has 4 atom stereocenters. The number of nitrogens with zero attached hydrogens (tertiary/aromatic N) is 3. The standard InChI is InChI=1S/C17H23N3O3/c1-6-17(5)15-14(21-16(3,4)23-15)13(22-17)12-8-7-11-10(2)18-9-19-20(11)12/h7-9,13-15H,6H2,1-5H3/t13-,14-,15-,17+/m0/s1/i5D. The van der Waals surface area contributed by atoms with Crippen LogP contribution in [0.1, 0.15) is 53.0 Å². The smallest absolute Gasteiger partial charge is 0.164 e. The van der Waals surface area contributed by atoms with Gasteiger partial charge >= 0.3 is 0 Å². The molecule has 0 bridgehead atoms. The van der Waals surface area contributed by atoms with Crippen molar-refractivity contribution in [3.63, 3.8) is 0 Å². The van der Waals surface area contributed by atoms with Gasteiger partial charge in [-0.05, 0) is 46.2 Å². The van der Waals surface area contributed by atoms with Gasteiger partial charge in [0, 0.05) is 1.37 Å². The maximum absolute atomic E-state index is 8.05. The van der Waals surface area contributed by atoms with Crippen LogP contribution in [0, 0.1) is 6.92 Å². The number of hydrogen-bond acceptors (Lipinski definition) is 5. The van der Waals surface area contributed by atoms with Crippen molar-refractivity contribution in [2.24, 2.45) is 0 Å². The van der Waals surface area contributed by atoms with Crippen LogP contribution in [0.2, 0.25) is 0 Å². The molecule has 2 aromatic rings. The Bertz CT molecular complexity index is 772. The van der Waals surface area contributed by atoms with Crippen LogP contribution in [0.25, 0.3) is 5.52 Å². The Kier molecular flexibility index (Phi) is 2.87. The van der Waals surface area contributed by atoms with Crippen LogP contribution in [-0.4, -0.2) is 38.2 Å². The second kappa shape index (κ2) is 4.75. The summed E-state index contributed by atoms with van der Waals surface area (Å²) in [6.45, 7) is 7.95. The summed E-state index contributed by atoms with van der Waals surface area (Å²) in [4.78, 5) is 4.24. The molecule has 0 amide bonds. The average Bonchev–Trinajstić information content (AvgIpc) is 3.18. The van der Waals surface area contributed by atoms with Gasteiger partial charge in [-0.2, -0.15) is 5.10 Å². The van der Waals surface area contributed by atoms with Crippen LogP contribution < -0.4 is 0 Å². The molecule has 0 aromatic carbocycles. The molecule has 23 heavy (non-hydrogen) atoms. The van der Waals surface area contributed by atoms with Crippen LogP contribution in [0.4, 0.5) is 0 Å². The Hall–Kier alpha value is -1.50. The predicted molar refractivity (Wildman–Crippen MR) is 84.1 cm³/mol. The summed E-state index contributed by atoms with van der Waals surface area (Å²) >= 11 is 0. The predicted octanol–water partition coefficient (Wildman–Crippen LogP) is 2.80. The normalized spacial score (nSPS) is 36.3. The van der Waals surface area contributed by atoms with Gasteiger partial charge < -0.3 is 14.2 Å². The monoisotopic (exact) mass is 318 g/mol. The molecule has 0 spiro atoms. The fourth-order valence-corrected chi connectivity index (χ4v) is 3.61. The summed E-state index contributed by atoms with van der Waals surface area (Å²) in [6, 6.07) is 4.00. The molecule has 0 N–H and O–H groups in total. The molecule has 0 radical (unpaired) electrons. The van der Waals surface area contributed by atoms with Crippen molar-refractivity contribution in [3.05, 3.63) is 29.8 Å². The minimum Gasteiger partial charge on any atom is -0.360 e. The van der Waals surface area contributed by atoms with E-state index in [-0.39, 0.29) is 25.2 Å². The topological polar surface area (TPSA) is 57.9 Å². The third-order valence-corrected chi connectivity index (χ3v) is 4.87. The molecule has 4 heterocycles. The molecule has 2 aromatic heterocycles. The van der Waals surface area contributed by atoms with Gasteiger partial charge in [-0.1, -0.05) is 6.92 Å². The zero-order valence-corrected chi connectivity index (χ0v) is 13.9. The fourth-order valence-electron chi connectivity index (χ4n) is 3.61. The van der Waals surface area contributed by atoms with Crippen molar-refractivity contribution in [3.8, 4) is 0 Å². The first-order valence-corrected chi connectivity index (χ1v) is 8.03. The molecule has 0 unspecified atom stereocenters. The third kappa shape index (κ3) is 2.12. The van der Waals surface area contributed by atoms with Gasteiger partial charge in [-0.15, -0.1) is 0 Å². The first-order valence-electron chi connectivity index (χ1n) is 8.73. The van der Waals surface area contributed by atoms with Gasteiger partial charge in [0.2, 0.25) is 0 Å². The Morgan fingerprint density at radius 3 is 2.87 bits per heavy atom. The minimum absolute atomic E-state index is 0.137. The summed E-state index contributed by atoms with van der Waals surface area (Å²) in [6.07, 6.45) is 1.42. The molecule has 0 aliphatic carbocycles. The van der Waals surface area contributed by atoms with E-state index in [1.807, 2.05) is 44.3 Å². The van der Waals surface area contributed by atoms with Crippen molar-refractivity contribution >= 4 is 5.52 Å². The van der Waals surface area contributed by atoms with E-state index in [0.29, 0.717) is 6.42 Å². The molecule has 2 aliphatic heterocycles. The molecular formula is C17H23N3O3. The number of fused-ring (bicyclic) bond motifs is 2. The number of ether oxygens (including phenoxy) is 3. The number of aryl methyl sites for hydroxylation is 1. The summed E-state index contributed by atoms with van der Waals surface area (Å²) < 4.78 is 28.6. The molecule has 2 saturated heterocycles. The summed E-state index contributed by atoms with van der Waals surface area (Å²) in [7, 11) is 0. The third-order valence-electron chi connectivity index (χ3n) is 4.87. The second-order valence-electron chi connectivity index (χ2n) is 6.88. The Labute approximate surface area is 137 Å².